The number of anilines is 3. The molecule has 1 fully saturated rings. The second-order valence-corrected chi connectivity index (χ2v) is 5.82. The highest BCUT2D eigenvalue weighted by Crippen LogP contribution is 2.21. The van der Waals surface area contributed by atoms with E-state index in [0.29, 0.717) is 17.3 Å². The van der Waals surface area contributed by atoms with Crippen molar-refractivity contribution in [1.82, 2.24) is 10.3 Å². The molecule has 6 heteroatoms. The highest BCUT2D eigenvalue weighted by molar-refractivity contribution is 5.63. The van der Waals surface area contributed by atoms with Gasteiger partial charge in [0.25, 0.3) is 0 Å². The second-order valence-electron chi connectivity index (χ2n) is 5.82. The third kappa shape index (κ3) is 4.63. The molecule has 3 N–H and O–H groups in total. The van der Waals surface area contributed by atoms with Crippen LogP contribution in [0.3, 0.4) is 0 Å². The lowest BCUT2D eigenvalue weighted by atomic mass is 9.98. The van der Waals surface area contributed by atoms with Gasteiger partial charge in [0.2, 0.25) is 0 Å². The fourth-order valence-corrected chi connectivity index (χ4v) is 2.75. The summed E-state index contributed by atoms with van der Waals surface area (Å²) in [5.74, 6) is -0.563. The lowest BCUT2D eigenvalue weighted by molar-refractivity contribution is 0.390. The van der Waals surface area contributed by atoms with E-state index in [4.69, 9.17) is 0 Å². The smallest absolute Gasteiger partial charge is 0.128 e. The van der Waals surface area contributed by atoms with Crippen molar-refractivity contribution in [2.24, 2.45) is 5.92 Å². The van der Waals surface area contributed by atoms with E-state index in [0.717, 1.165) is 31.4 Å². The minimum atomic E-state index is -0.611. The maximum absolute atomic E-state index is 13.2. The molecule has 0 aliphatic carbocycles. The monoisotopic (exact) mass is 318 g/mol. The zero-order valence-electron chi connectivity index (χ0n) is 12.8. The lowest BCUT2D eigenvalue weighted by Gasteiger charge is -2.23. The van der Waals surface area contributed by atoms with Crippen molar-refractivity contribution >= 4 is 17.1 Å². The Morgan fingerprint density at radius 2 is 1.65 bits per heavy atom. The summed E-state index contributed by atoms with van der Waals surface area (Å²) in [4.78, 5) is 4.16. The molecule has 0 atom stereocenters. The van der Waals surface area contributed by atoms with E-state index < -0.39 is 11.6 Å². The Morgan fingerprint density at radius 3 is 2.39 bits per heavy atom. The quantitative estimate of drug-likeness (QED) is 0.789. The summed E-state index contributed by atoms with van der Waals surface area (Å²) in [5.41, 5.74) is 1.94. The molecule has 2 heterocycles. The van der Waals surface area contributed by atoms with Gasteiger partial charge in [0, 0.05) is 18.3 Å². The minimum Gasteiger partial charge on any atom is -0.383 e. The molecule has 3 rings (SSSR count). The molecular weight excluding hydrogens is 298 g/mol. The Morgan fingerprint density at radius 1 is 0.957 bits per heavy atom. The Kier molecular flexibility index (Phi) is 5.02. The van der Waals surface area contributed by atoms with E-state index in [-0.39, 0.29) is 0 Å². The van der Waals surface area contributed by atoms with Crippen LogP contribution in [0.4, 0.5) is 25.8 Å². The maximum Gasteiger partial charge on any atom is 0.128 e. The Balaban J connectivity index is 1.62. The average Bonchev–Trinajstić information content (AvgIpc) is 2.53. The molecule has 1 aromatic heterocycles. The molecule has 122 valence electrons. The maximum atomic E-state index is 13.2. The number of hydrogen-bond donors (Lipinski definition) is 3. The molecule has 1 aliphatic heterocycles. The molecule has 23 heavy (non-hydrogen) atoms. The summed E-state index contributed by atoms with van der Waals surface area (Å²) >= 11 is 0. The number of pyridine rings is 1. The van der Waals surface area contributed by atoms with Crippen LogP contribution in [0.25, 0.3) is 0 Å². The largest absolute Gasteiger partial charge is 0.383 e. The summed E-state index contributed by atoms with van der Waals surface area (Å²) in [7, 11) is 0. The molecule has 1 saturated heterocycles. The van der Waals surface area contributed by atoms with Gasteiger partial charge in [-0.25, -0.2) is 8.78 Å². The van der Waals surface area contributed by atoms with E-state index in [9.17, 15) is 8.78 Å². The minimum absolute atomic E-state index is 0.361. The van der Waals surface area contributed by atoms with Crippen molar-refractivity contribution in [2.45, 2.75) is 12.8 Å². The van der Waals surface area contributed by atoms with Crippen LogP contribution in [-0.2, 0) is 0 Å². The van der Waals surface area contributed by atoms with E-state index in [1.54, 1.807) is 12.4 Å². The predicted octanol–water partition coefficient (Wildman–Crippen LogP) is 3.51. The molecule has 0 radical (unpaired) electrons. The first-order valence-electron chi connectivity index (χ1n) is 7.82. The van der Waals surface area contributed by atoms with Gasteiger partial charge in [-0.05, 0) is 50.0 Å². The van der Waals surface area contributed by atoms with Gasteiger partial charge < -0.3 is 16.0 Å². The fraction of sp³-hybridized carbons (Fsp3) is 0.353. The first-order chi connectivity index (χ1) is 11.2. The van der Waals surface area contributed by atoms with E-state index in [1.807, 2.05) is 6.07 Å². The lowest BCUT2D eigenvalue weighted by Crippen LogP contribution is -2.31. The Bertz CT molecular complexity index is 637. The van der Waals surface area contributed by atoms with Crippen LogP contribution >= 0.6 is 0 Å². The van der Waals surface area contributed by atoms with Crippen molar-refractivity contribution in [2.75, 3.05) is 30.3 Å². The number of nitrogens with zero attached hydrogens (tertiary/aromatic N) is 1. The van der Waals surface area contributed by atoms with Crippen LogP contribution in [0.1, 0.15) is 12.8 Å². The third-order valence-electron chi connectivity index (χ3n) is 3.94. The number of rotatable bonds is 5. The SMILES string of the molecule is Fc1cc(F)cc(Nc2cncc(NCC3CCNCC3)c2)c1. The molecule has 0 amide bonds. The van der Waals surface area contributed by atoms with Crippen molar-refractivity contribution in [3.63, 3.8) is 0 Å². The zero-order chi connectivity index (χ0) is 16.1. The fourth-order valence-electron chi connectivity index (χ4n) is 2.75. The van der Waals surface area contributed by atoms with Gasteiger partial charge in [0.15, 0.2) is 0 Å². The highest BCUT2D eigenvalue weighted by Gasteiger charge is 2.12. The van der Waals surface area contributed by atoms with Gasteiger partial charge >= 0.3 is 0 Å². The highest BCUT2D eigenvalue weighted by atomic mass is 19.1. The Labute approximate surface area is 134 Å². The van der Waals surface area contributed by atoms with E-state index in [2.05, 4.69) is 20.9 Å². The van der Waals surface area contributed by atoms with Crippen LogP contribution in [0.5, 0.6) is 0 Å². The van der Waals surface area contributed by atoms with Crippen molar-refractivity contribution < 1.29 is 8.78 Å². The molecule has 1 aromatic carbocycles. The van der Waals surface area contributed by atoms with Crippen molar-refractivity contribution in [1.29, 1.82) is 0 Å². The molecule has 1 aliphatic rings. The summed E-state index contributed by atoms with van der Waals surface area (Å²) < 4.78 is 26.4. The summed E-state index contributed by atoms with van der Waals surface area (Å²) in [6.07, 6.45) is 5.71. The average molecular weight is 318 g/mol. The van der Waals surface area contributed by atoms with Gasteiger partial charge in [-0.1, -0.05) is 0 Å². The van der Waals surface area contributed by atoms with Crippen LogP contribution in [0.2, 0.25) is 0 Å². The zero-order valence-corrected chi connectivity index (χ0v) is 12.8. The molecule has 2 aromatic rings. The van der Waals surface area contributed by atoms with Crippen LogP contribution in [-0.4, -0.2) is 24.6 Å². The van der Waals surface area contributed by atoms with E-state index >= 15 is 0 Å². The molecule has 0 saturated carbocycles. The number of piperidine rings is 1. The predicted molar refractivity (Wildman–Crippen MR) is 88.0 cm³/mol. The number of nitrogens with one attached hydrogen (secondary N) is 3. The van der Waals surface area contributed by atoms with Gasteiger partial charge in [-0.3, -0.25) is 4.98 Å². The van der Waals surface area contributed by atoms with Gasteiger partial charge in [0.05, 0.1) is 23.8 Å². The first kappa shape index (κ1) is 15.7. The third-order valence-corrected chi connectivity index (χ3v) is 3.94. The number of hydrogen-bond acceptors (Lipinski definition) is 4. The summed E-state index contributed by atoms with van der Waals surface area (Å²) in [5, 5.41) is 9.70. The molecule has 0 bridgehead atoms. The number of benzene rings is 1. The molecule has 4 nitrogen and oxygen atoms in total. The van der Waals surface area contributed by atoms with Crippen molar-refractivity contribution in [3.8, 4) is 0 Å². The van der Waals surface area contributed by atoms with Gasteiger partial charge in [-0.15, -0.1) is 0 Å². The Hall–Kier alpha value is -2.21. The van der Waals surface area contributed by atoms with Gasteiger partial charge in [-0.2, -0.15) is 0 Å². The van der Waals surface area contributed by atoms with Crippen LogP contribution in [0, 0.1) is 17.6 Å². The van der Waals surface area contributed by atoms with Crippen LogP contribution in [0.15, 0.2) is 36.7 Å². The number of halogens is 2. The topological polar surface area (TPSA) is 49.0 Å². The standard InChI is InChI=1S/C17H20F2N4/c18-13-5-14(19)7-15(6-13)23-17-8-16(10-21-11-17)22-9-12-1-3-20-4-2-12/h5-8,10-12,20,22-23H,1-4,9H2. The van der Waals surface area contributed by atoms with Crippen molar-refractivity contribution in [3.05, 3.63) is 48.3 Å². The molecular formula is C17H20F2N4. The van der Waals surface area contributed by atoms with E-state index in [1.165, 1.54) is 25.0 Å². The first-order valence-corrected chi connectivity index (χ1v) is 7.82. The molecule has 0 unspecified atom stereocenters. The van der Waals surface area contributed by atoms with Crippen LogP contribution < -0.4 is 16.0 Å². The summed E-state index contributed by atoms with van der Waals surface area (Å²) in [6, 6.07) is 5.23. The normalized spacial score (nSPS) is 15.4. The molecule has 0 spiro atoms. The van der Waals surface area contributed by atoms with Gasteiger partial charge in [0.1, 0.15) is 11.6 Å². The second kappa shape index (κ2) is 7.37. The summed E-state index contributed by atoms with van der Waals surface area (Å²) in [6.45, 7) is 3.04. The number of aromatic nitrogens is 1.